The van der Waals surface area contributed by atoms with E-state index in [9.17, 15) is 0 Å². The van der Waals surface area contributed by atoms with Crippen LogP contribution in [0, 0.1) is 0 Å². The molecule has 1 fully saturated rings. The van der Waals surface area contributed by atoms with Crippen LogP contribution in [0.25, 0.3) is 0 Å². The molecule has 2 rings (SSSR count). The largest absolute Gasteiger partial charge is 0.370 e. The van der Waals surface area contributed by atoms with Gasteiger partial charge in [-0.15, -0.1) is 35.3 Å². The second-order valence-corrected chi connectivity index (χ2v) is 6.63. The van der Waals surface area contributed by atoms with Crippen LogP contribution in [0.1, 0.15) is 37.7 Å². The Hall–Kier alpha value is 0.180. The molecule has 3 nitrogen and oxygen atoms in total. The minimum absolute atomic E-state index is 0. The molecule has 1 aliphatic rings. The molecular formula is C12H19BrIN3S. The van der Waals surface area contributed by atoms with Crippen molar-refractivity contribution in [3.05, 3.63) is 20.8 Å². The number of nitrogens with one attached hydrogen (secondary N) is 1. The Morgan fingerprint density at radius 3 is 2.78 bits per heavy atom. The van der Waals surface area contributed by atoms with E-state index in [0.717, 1.165) is 3.79 Å². The predicted octanol–water partition coefficient (Wildman–Crippen LogP) is 3.87. The van der Waals surface area contributed by atoms with Gasteiger partial charge in [0.25, 0.3) is 0 Å². The lowest BCUT2D eigenvalue weighted by atomic mass is 9.96. The lowest BCUT2D eigenvalue weighted by Gasteiger charge is -2.23. The van der Waals surface area contributed by atoms with Gasteiger partial charge in [-0.25, -0.2) is 4.99 Å². The van der Waals surface area contributed by atoms with E-state index >= 15 is 0 Å². The quantitative estimate of drug-likeness (QED) is 0.423. The van der Waals surface area contributed by atoms with Gasteiger partial charge in [-0.2, -0.15) is 0 Å². The van der Waals surface area contributed by atoms with Crippen LogP contribution in [-0.2, 0) is 6.54 Å². The van der Waals surface area contributed by atoms with Crippen molar-refractivity contribution < 1.29 is 0 Å². The molecule has 1 saturated carbocycles. The molecule has 0 bridgehead atoms. The van der Waals surface area contributed by atoms with Gasteiger partial charge in [0.1, 0.15) is 0 Å². The molecule has 0 amide bonds. The highest BCUT2D eigenvalue weighted by Crippen LogP contribution is 2.23. The summed E-state index contributed by atoms with van der Waals surface area (Å²) >= 11 is 5.18. The first kappa shape index (κ1) is 16.2. The topological polar surface area (TPSA) is 50.4 Å². The molecule has 1 aromatic rings. The molecule has 0 radical (unpaired) electrons. The van der Waals surface area contributed by atoms with Crippen molar-refractivity contribution in [2.45, 2.75) is 44.7 Å². The number of hydrogen-bond donors (Lipinski definition) is 2. The average molecular weight is 444 g/mol. The van der Waals surface area contributed by atoms with Crippen molar-refractivity contribution in [2.75, 3.05) is 0 Å². The number of thiophene rings is 1. The van der Waals surface area contributed by atoms with E-state index in [1.165, 1.54) is 37.7 Å². The maximum atomic E-state index is 5.90. The number of halogens is 2. The van der Waals surface area contributed by atoms with Crippen LogP contribution < -0.4 is 11.1 Å². The maximum absolute atomic E-state index is 5.90. The molecular weight excluding hydrogens is 425 g/mol. The number of rotatable bonds is 3. The Balaban J connectivity index is 0.00000162. The Morgan fingerprint density at radius 1 is 1.44 bits per heavy atom. The molecule has 0 aromatic carbocycles. The molecule has 18 heavy (non-hydrogen) atoms. The monoisotopic (exact) mass is 443 g/mol. The summed E-state index contributed by atoms with van der Waals surface area (Å²) in [4.78, 5) is 4.38. The van der Waals surface area contributed by atoms with Crippen LogP contribution >= 0.6 is 51.2 Å². The zero-order valence-electron chi connectivity index (χ0n) is 10.2. The summed E-state index contributed by atoms with van der Waals surface area (Å²) in [6, 6.07) is 2.60. The van der Waals surface area contributed by atoms with Gasteiger partial charge in [-0.1, -0.05) is 19.3 Å². The zero-order chi connectivity index (χ0) is 12.1. The van der Waals surface area contributed by atoms with Crippen molar-refractivity contribution in [3.8, 4) is 0 Å². The third-order valence-corrected chi connectivity index (χ3v) is 4.88. The highest BCUT2D eigenvalue weighted by molar-refractivity contribution is 14.0. The summed E-state index contributed by atoms with van der Waals surface area (Å²) in [5, 5.41) is 5.37. The number of nitrogens with zero attached hydrogens (tertiary/aromatic N) is 1. The van der Waals surface area contributed by atoms with Crippen molar-refractivity contribution in [2.24, 2.45) is 10.7 Å². The molecule has 0 spiro atoms. The highest BCUT2D eigenvalue weighted by atomic mass is 127. The fourth-order valence-electron chi connectivity index (χ4n) is 2.10. The van der Waals surface area contributed by atoms with Gasteiger partial charge in [0.05, 0.1) is 10.3 Å². The van der Waals surface area contributed by atoms with Crippen LogP contribution in [0.3, 0.4) is 0 Å². The first-order chi connectivity index (χ1) is 8.25. The lowest BCUT2D eigenvalue weighted by Crippen LogP contribution is -2.41. The van der Waals surface area contributed by atoms with Crippen molar-refractivity contribution in [1.29, 1.82) is 0 Å². The Bertz CT molecular complexity index is 388. The first-order valence-electron chi connectivity index (χ1n) is 6.04. The van der Waals surface area contributed by atoms with E-state index in [2.05, 4.69) is 37.7 Å². The molecule has 3 N–H and O–H groups in total. The Kier molecular flexibility index (Phi) is 7.55. The van der Waals surface area contributed by atoms with Crippen molar-refractivity contribution in [3.63, 3.8) is 0 Å². The van der Waals surface area contributed by atoms with Crippen LogP contribution in [-0.4, -0.2) is 12.0 Å². The summed E-state index contributed by atoms with van der Waals surface area (Å²) in [7, 11) is 0. The summed E-state index contributed by atoms with van der Waals surface area (Å²) in [5.41, 5.74) is 7.10. The number of hydrogen-bond acceptors (Lipinski definition) is 2. The highest BCUT2D eigenvalue weighted by Gasteiger charge is 2.13. The first-order valence-corrected chi connectivity index (χ1v) is 7.71. The molecule has 0 aliphatic heterocycles. The molecule has 1 heterocycles. The Morgan fingerprint density at radius 2 is 2.17 bits per heavy atom. The van der Waals surface area contributed by atoms with Gasteiger partial charge >= 0.3 is 0 Å². The van der Waals surface area contributed by atoms with Crippen LogP contribution in [0.2, 0.25) is 0 Å². The average Bonchev–Trinajstić information content (AvgIpc) is 2.74. The maximum Gasteiger partial charge on any atom is 0.189 e. The third kappa shape index (κ3) is 5.05. The number of nitrogens with two attached hydrogens (primary N) is 1. The van der Waals surface area contributed by atoms with E-state index in [0.29, 0.717) is 18.5 Å². The predicted molar refractivity (Wildman–Crippen MR) is 92.8 cm³/mol. The molecule has 0 saturated heterocycles. The minimum atomic E-state index is 0. The van der Waals surface area contributed by atoms with Crippen LogP contribution in [0.4, 0.5) is 0 Å². The summed E-state index contributed by atoms with van der Waals surface area (Å²) < 4.78 is 1.15. The molecule has 0 atom stereocenters. The molecule has 1 aromatic heterocycles. The molecule has 1 aliphatic carbocycles. The van der Waals surface area contributed by atoms with Crippen LogP contribution in [0.15, 0.2) is 20.2 Å². The fourth-order valence-corrected chi connectivity index (χ4v) is 3.32. The van der Waals surface area contributed by atoms with Crippen LogP contribution in [0.5, 0.6) is 0 Å². The lowest BCUT2D eigenvalue weighted by molar-refractivity contribution is 0.412. The molecule has 6 heteroatoms. The third-order valence-electron chi connectivity index (χ3n) is 3.07. The normalized spacial score (nSPS) is 17.3. The van der Waals surface area contributed by atoms with Crippen molar-refractivity contribution in [1.82, 2.24) is 5.32 Å². The van der Waals surface area contributed by atoms with Gasteiger partial charge in [0, 0.05) is 6.04 Å². The van der Waals surface area contributed by atoms with Gasteiger partial charge in [-0.3, -0.25) is 0 Å². The number of guanidine groups is 1. The Labute approximate surface area is 138 Å². The van der Waals surface area contributed by atoms with Gasteiger partial charge in [0.2, 0.25) is 0 Å². The SMILES string of the molecule is I.NC(=NCc1ccsc1Br)NC1CCCCC1. The summed E-state index contributed by atoms with van der Waals surface area (Å²) in [5.74, 6) is 0.579. The second kappa shape index (κ2) is 8.37. The van der Waals surface area contributed by atoms with E-state index < -0.39 is 0 Å². The zero-order valence-corrected chi connectivity index (χ0v) is 14.9. The van der Waals surface area contributed by atoms with Gasteiger partial charge < -0.3 is 11.1 Å². The van der Waals surface area contributed by atoms with E-state index in [-0.39, 0.29) is 24.0 Å². The minimum Gasteiger partial charge on any atom is -0.370 e. The molecule has 0 unspecified atom stereocenters. The van der Waals surface area contributed by atoms with Crippen molar-refractivity contribution >= 4 is 57.2 Å². The summed E-state index contributed by atoms with van der Waals surface area (Å²) in [6.07, 6.45) is 6.41. The molecule has 102 valence electrons. The van der Waals surface area contributed by atoms with Gasteiger partial charge in [0.15, 0.2) is 5.96 Å². The standard InChI is InChI=1S/C12H18BrN3S.HI/c13-11-9(6-7-17-11)8-15-12(14)16-10-4-2-1-3-5-10;/h6-7,10H,1-5,8H2,(H3,14,15,16);1H. The summed E-state index contributed by atoms with van der Waals surface area (Å²) in [6.45, 7) is 0.648. The van der Waals surface area contributed by atoms with E-state index in [1.54, 1.807) is 11.3 Å². The second-order valence-electron chi connectivity index (χ2n) is 4.40. The number of aliphatic imine (C=N–C) groups is 1. The fraction of sp³-hybridized carbons (Fsp3) is 0.583. The smallest absolute Gasteiger partial charge is 0.189 e. The van der Waals surface area contributed by atoms with E-state index in [1.807, 2.05) is 0 Å². The van der Waals surface area contributed by atoms with Gasteiger partial charge in [-0.05, 0) is 45.8 Å². The van der Waals surface area contributed by atoms with E-state index in [4.69, 9.17) is 5.73 Å².